The molecule has 1 fully saturated rings. The molecule has 2 aliphatic heterocycles. The zero-order valence-corrected chi connectivity index (χ0v) is 17.1. The Hall–Kier alpha value is -2.34. The molecule has 2 aliphatic rings. The van der Waals surface area contributed by atoms with Crippen LogP contribution in [0.25, 0.3) is 10.9 Å². The average Bonchev–Trinajstić information content (AvgIpc) is 3.09. The van der Waals surface area contributed by atoms with E-state index < -0.39 is 0 Å². The highest BCUT2D eigenvalue weighted by Crippen LogP contribution is 2.35. The van der Waals surface area contributed by atoms with Crippen molar-refractivity contribution in [3.63, 3.8) is 0 Å². The molecule has 1 amide bonds. The fourth-order valence-corrected chi connectivity index (χ4v) is 5.18. The number of rotatable bonds is 3. The van der Waals surface area contributed by atoms with E-state index in [2.05, 4.69) is 44.9 Å². The van der Waals surface area contributed by atoms with Crippen LogP contribution in [-0.4, -0.2) is 33.0 Å². The van der Waals surface area contributed by atoms with Crippen molar-refractivity contribution in [3.8, 4) is 0 Å². The monoisotopic (exact) mass is 439 g/mol. The van der Waals surface area contributed by atoms with Gasteiger partial charge in [0.1, 0.15) is 0 Å². The Morgan fingerprint density at radius 1 is 1.11 bits per heavy atom. The van der Waals surface area contributed by atoms with Gasteiger partial charge in [-0.2, -0.15) is 0 Å². The third kappa shape index (κ3) is 3.09. The highest BCUT2D eigenvalue weighted by atomic mass is 79.9. The molecule has 5 rings (SSSR count). The number of carbonyl (C=O) groups is 1. The number of benzene rings is 1. The molecule has 0 N–H and O–H groups in total. The van der Waals surface area contributed by atoms with E-state index in [0.29, 0.717) is 18.9 Å². The summed E-state index contributed by atoms with van der Waals surface area (Å²) in [5, 5.41) is 1.19. The molecule has 6 heteroatoms. The predicted octanol–water partition coefficient (Wildman–Crippen LogP) is 3.60. The summed E-state index contributed by atoms with van der Waals surface area (Å²) >= 11 is 3.53. The minimum atomic E-state index is 0.0811. The standard InChI is InChI=1S/C22H22BrN3O2/c23-18-5-4-16-6-8-24(20(16)11-18)9-7-21(27)25-12-15-10-17(14-25)19-2-1-3-22(28)26(19)13-15/h1-6,8,11,15,17H,7,9-10,12-14H2/t15-,17+/m1/s1. The lowest BCUT2D eigenvalue weighted by Gasteiger charge is -2.42. The maximum absolute atomic E-state index is 12.9. The first-order valence-corrected chi connectivity index (χ1v) is 10.6. The summed E-state index contributed by atoms with van der Waals surface area (Å²) in [6, 6.07) is 13.8. The Bertz CT molecular complexity index is 1120. The lowest BCUT2D eigenvalue weighted by atomic mass is 9.83. The van der Waals surface area contributed by atoms with Crippen molar-refractivity contribution in [3.05, 3.63) is 69.2 Å². The van der Waals surface area contributed by atoms with Gasteiger partial charge in [-0.05, 0) is 42.0 Å². The summed E-state index contributed by atoms with van der Waals surface area (Å²) in [6.45, 7) is 2.89. The van der Waals surface area contributed by atoms with Gasteiger partial charge in [-0.3, -0.25) is 9.59 Å². The molecule has 0 aliphatic carbocycles. The van der Waals surface area contributed by atoms with Crippen molar-refractivity contribution >= 4 is 32.7 Å². The summed E-state index contributed by atoms with van der Waals surface area (Å²) in [6.07, 6.45) is 3.62. The minimum absolute atomic E-state index is 0.0811. The average molecular weight is 440 g/mol. The molecule has 2 bridgehead atoms. The van der Waals surface area contributed by atoms with Crippen LogP contribution < -0.4 is 5.56 Å². The summed E-state index contributed by atoms with van der Waals surface area (Å²) in [5.74, 6) is 0.852. The van der Waals surface area contributed by atoms with Crippen LogP contribution >= 0.6 is 15.9 Å². The van der Waals surface area contributed by atoms with Crippen molar-refractivity contribution < 1.29 is 4.79 Å². The number of pyridine rings is 1. The Kier molecular flexibility index (Phi) is 4.38. The fourth-order valence-electron chi connectivity index (χ4n) is 4.83. The fraction of sp³-hybridized carbons (Fsp3) is 0.364. The quantitative estimate of drug-likeness (QED) is 0.625. The van der Waals surface area contributed by atoms with Crippen molar-refractivity contribution in [2.45, 2.75) is 31.8 Å². The van der Waals surface area contributed by atoms with Gasteiger partial charge >= 0.3 is 0 Å². The molecular formula is C22H22BrN3O2. The number of halogens is 1. The van der Waals surface area contributed by atoms with Crippen LogP contribution in [0.15, 0.2) is 57.9 Å². The van der Waals surface area contributed by atoms with Gasteiger partial charge in [0.2, 0.25) is 5.91 Å². The predicted molar refractivity (Wildman–Crippen MR) is 112 cm³/mol. The lowest BCUT2D eigenvalue weighted by molar-refractivity contribution is -0.134. The number of likely N-dealkylation sites (tertiary alicyclic amines) is 1. The first-order chi connectivity index (χ1) is 13.6. The molecule has 4 heterocycles. The number of nitrogens with zero attached hydrogens (tertiary/aromatic N) is 3. The zero-order valence-electron chi connectivity index (χ0n) is 15.6. The molecule has 28 heavy (non-hydrogen) atoms. The number of hydrogen-bond donors (Lipinski definition) is 0. The van der Waals surface area contributed by atoms with E-state index in [1.165, 1.54) is 5.39 Å². The van der Waals surface area contributed by atoms with Gasteiger partial charge in [0.15, 0.2) is 0 Å². The molecule has 5 nitrogen and oxygen atoms in total. The van der Waals surface area contributed by atoms with Gasteiger partial charge in [-0.25, -0.2) is 0 Å². The topological polar surface area (TPSA) is 47.2 Å². The maximum Gasteiger partial charge on any atom is 0.250 e. The highest BCUT2D eigenvalue weighted by molar-refractivity contribution is 9.10. The van der Waals surface area contributed by atoms with E-state index in [1.807, 2.05) is 27.7 Å². The molecular weight excluding hydrogens is 418 g/mol. The number of fused-ring (bicyclic) bond motifs is 5. The third-order valence-electron chi connectivity index (χ3n) is 6.13. The molecule has 0 spiro atoms. The number of carbonyl (C=O) groups excluding carboxylic acids is 1. The smallest absolute Gasteiger partial charge is 0.250 e. The van der Waals surface area contributed by atoms with E-state index in [1.54, 1.807) is 6.07 Å². The van der Waals surface area contributed by atoms with Gasteiger partial charge < -0.3 is 14.0 Å². The van der Waals surface area contributed by atoms with E-state index in [-0.39, 0.29) is 17.4 Å². The van der Waals surface area contributed by atoms with Crippen LogP contribution in [0.2, 0.25) is 0 Å². The molecule has 2 aromatic heterocycles. The van der Waals surface area contributed by atoms with Crippen LogP contribution in [0, 0.1) is 5.92 Å². The molecule has 3 aromatic rings. The summed E-state index contributed by atoms with van der Waals surface area (Å²) < 4.78 is 5.10. The van der Waals surface area contributed by atoms with Crippen molar-refractivity contribution in [2.75, 3.05) is 13.1 Å². The first-order valence-electron chi connectivity index (χ1n) is 9.80. The second kappa shape index (κ2) is 6.92. The van der Waals surface area contributed by atoms with Crippen molar-refractivity contribution in [1.29, 1.82) is 0 Å². The number of hydrogen-bond acceptors (Lipinski definition) is 2. The summed E-state index contributed by atoms with van der Waals surface area (Å²) in [4.78, 5) is 27.1. The van der Waals surface area contributed by atoms with Crippen LogP contribution in [0.3, 0.4) is 0 Å². The molecule has 144 valence electrons. The number of piperidine rings is 1. The molecule has 0 unspecified atom stereocenters. The van der Waals surface area contributed by atoms with Gasteiger partial charge in [0.05, 0.1) is 0 Å². The molecule has 1 saturated heterocycles. The van der Waals surface area contributed by atoms with E-state index in [4.69, 9.17) is 0 Å². The van der Waals surface area contributed by atoms with E-state index in [0.717, 1.165) is 41.7 Å². The van der Waals surface area contributed by atoms with Crippen LogP contribution in [-0.2, 0) is 17.9 Å². The molecule has 1 aromatic carbocycles. The number of amides is 1. The third-order valence-corrected chi connectivity index (χ3v) is 6.63. The second-order valence-electron chi connectivity index (χ2n) is 7.96. The van der Waals surface area contributed by atoms with Crippen LogP contribution in [0.1, 0.15) is 24.5 Å². The Balaban J connectivity index is 1.30. The van der Waals surface area contributed by atoms with Crippen molar-refractivity contribution in [2.24, 2.45) is 5.92 Å². The molecule has 2 atom stereocenters. The maximum atomic E-state index is 12.9. The van der Waals surface area contributed by atoms with E-state index >= 15 is 0 Å². The number of aryl methyl sites for hydroxylation is 1. The van der Waals surface area contributed by atoms with E-state index in [9.17, 15) is 9.59 Å². The largest absolute Gasteiger partial charge is 0.347 e. The van der Waals surface area contributed by atoms with Gasteiger partial charge in [-0.1, -0.05) is 28.1 Å². The Labute approximate surface area is 171 Å². The lowest BCUT2D eigenvalue weighted by Crippen LogP contribution is -2.49. The van der Waals surface area contributed by atoms with Crippen LogP contribution in [0.4, 0.5) is 0 Å². The normalized spacial score (nSPS) is 21.0. The molecule has 0 saturated carbocycles. The molecule has 0 radical (unpaired) electrons. The highest BCUT2D eigenvalue weighted by Gasteiger charge is 2.35. The minimum Gasteiger partial charge on any atom is -0.347 e. The van der Waals surface area contributed by atoms with Gasteiger partial charge in [0.25, 0.3) is 5.56 Å². The van der Waals surface area contributed by atoms with Gasteiger partial charge in [-0.15, -0.1) is 0 Å². The Morgan fingerprint density at radius 3 is 2.89 bits per heavy atom. The van der Waals surface area contributed by atoms with Crippen LogP contribution in [0.5, 0.6) is 0 Å². The summed E-state index contributed by atoms with van der Waals surface area (Å²) in [5.41, 5.74) is 2.31. The first kappa shape index (κ1) is 17.7. The zero-order chi connectivity index (χ0) is 19.3. The number of aromatic nitrogens is 2. The Morgan fingerprint density at radius 2 is 2.00 bits per heavy atom. The SMILES string of the molecule is O=C(CCn1ccc2ccc(Br)cc21)N1C[C@H]2C[C@@H](C1)c1cccc(=O)n1C2. The second-order valence-corrected chi connectivity index (χ2v) is 8.87. The van der Waals surface area contributed by atoms with Gasteiger partial charge in [0, 0.05) is 66.5 Å². The summed E-state index contributed by atoms with van der Waals surface area (Å²) in [7, 11) is 0. The van der Waals surface area contributed by atoms with Crippen molar-refractivity contribution in [1.82, 2.24) is 14.0 Å².